The second kappa shape index (κ2) is 7.84. The predicted molar refractivity (Wildman–Crippen MR) is 101 cm³/mol. The summed E-state index contributed by atoms with van der Waals surface area (Å²) in [6.45, 7) is 9.94. The maximum absolute atomic E-state index is 10.3. The summed E-state index contributed by atoms with van der Waals surface area (Å²) in [6.07, 6.45) is 9.85. The first-order valence-electron chi connectivity index (χ1n) is 10.8. The Morgan fingerprint density at radius 2 is 1.52 bits per heavy atom. The fraction of sp³-hybridized carbons (Fsp3) is 1.00. The largest absolute Gasteiger partial charge is 0.389 e. The number of β-amino-alcohol motifs (C(OH)–C–C–N with tert-alkyl or cyclic N) is 1. The minimum Gasteiger partial charge on any atom is -0.389 e. The molecular weight excluding hydrogens is 312 g/mol. The summed E-state index contributed by atoms with van der Waals surface area (Å²) in [7, 11) is 0. The number of hydrogen-bond donors (Lipinski definition) is 1. The van der Waals surface area contributed by atoms with E-state index in [1.807, 2.05) is 0 Å². The summed E-state index contributed by atoms with van der Waals surface area (Å²) in [5.41, 5.74) is 0.607. The Labute approximate surface area is 153 Å². The van der Waals surface area contributed by atoms with E-state index in [9.17, 15) is 5.11 Å². The Bertz CT molecular complexity index is 398. The molecule has 1 heterocycles. The number of aliphatic hydroxyl groups is 1. The molecule has 0 aromatic carbocycles. The van der Waals surface area contributed by atoms with Crippen LogP contribution in [-0.4, -0.2) is 73.5 Å². The number of likely N-dealkylation sites (N-methyl/N-ethyl adjacent to an activating group) is 1. The van der Waals surface area contributed by atoms with E-state index >= 15 is 0 Å². The molecule has 1 saturated heterocycles. The first-order chi connectivity index (χ1) is 12.1. The van der Waals surface area contributed by atoms with Gasteiger partial charge in [0.1, 0.15) is 0 Å². The quantitative estimate of drug-likeness (QED) is 0.683. The minimum atomic E-state index is -0.329. The van der Waals surface area contributed by atoms with Crippen molar-refractivity contribution in [2.75, 3.05) is 52.5 Å². The Hall–Kier alpha value is -0.160. The van der Waals surface area contributed by atoms with E-state index in [4.69, 9.17) is 4.74 Å². The highest BCUT2D eigenvalue weighted by molar-refractivity contribution is 5.01. The summed E-state index contributed by atoms with van der Waals surface area (Å²) in [5.74, 6) is 3.08. The summed E-state index contributed by atoms with van der Waals surface area (Å²) in [5, 5.41) is 10.3. The third kappa shape index (κ3) is 4.40. The fourth-order valence-electron chi connectivity index (χ4n) is 6.74. The molecule has 25 heavy (non-hydrogen) atoms. The highest BCUT2D eigenvalue weighted by Gasteiger charge is 2.50. The molecule has 0 amide bonds. The maximum atomic E-state index is 10.3. The normalized spacial score (nSPS) is 39.8. The third-order valence-electron chi connectivity index (χ3n) is 7.63. The second-order valence-electron chi connectivity index (χ2n) is 9.63. The lowest BCUT2D eigenvalue weighted by Crippen LogP contribution is -2.49. The van der Waals surface area contributed by atoms with Gasteiger partial charge < -0.3 is 14.7 Å². The van der Waals surface area contributed by atoms with Gasteiger partial charge in [0, 0.05) is 39.3 Å². The maximum Gasteiger partial charge on any atom is 0.0900 e. The summed E-state index contributed by atoms with van der Waals surface area (Å²) >= 11 is 0. The molecule has 144 valence electrons. The second-order valence-corrected chi connectivity index (χ2v) is 9.63. The van der Waals surface area contributed by atoms with Crippen molar-refractivity contribution in [3.8, 4) is 0 Å². The van der Waals surface area contributed by atoms with E-state index in [2.05, 4.69) is 16.7 Å². The van der Waals surface area contributed by atoms with Crippen molar-refractivity contribution in [3.63, 3.8) is 0 Å². The lowest BCUT2D eigenvalue weighted by atomic mass is 9.49. The van der Waals surface area contributed by atoms with Crippen molar-refractivity contribution in [1.82, 2.24) is 9.80 Å². The number of hydrogen-bond acceptors (Lipinski definition) is 4. The average molecular weight is 351 g/mol. The Morgan fingerprint density at radius 3 is 2.08 bits per heavy atom. The van der Waals surface area contributed by atoms with Gasteiger partial charge in [0.2, 0.25) is 0 Å². The zero-order valence-corrected chi connectivity index (χ0v) is 16.2. The summed E-state index contributed by atoms with van der Waals surface area (Å²) in [4.78, 5) is 4.87. The average Bonchev–Trinajstić information content (AvgIpc) is 2.58. The van der Waals surface area contributed by atoms with Crippen LogP contribution in [0.25, 0.3) is 0 Å². The van der Waals surface area contributed by atoms with E-state index in [0.717, 1.165) is 63.6 Å². The molecule has 4 nitrogen and oxygen atoms in total. The SMILES string of the molecule is CCN1CCN(C[C@H](O)COCCC23CC4CC(CC(C4)C2)C3)CC1. The molecule has 1 N–H and O–H groups in total. The van der Waals surface area contributed by atoms with Crippen LogP contribution in [0.5, 0.6) is 0 Å². The predicted octanol–water partition coefficient (Wildman–Crippen LogP) is 2.61. The molecule has 1 aliphatic heterocycles. The molecule has 0 aromatic rings. The number of aliphatic hydroxyl groups excluding tert-OH is 1. The van der Waals surface area contributed by atoms with Crippen LogP contribution in [0.15, 0.2) is 0 Å². The van der Waals surface area contributed by atoms with Gasteiger partial charge in [-0.1, -0.05) is 6.92 Å². The molecule has 4 saturated carbocycles. The van der Waals surface area contributed by atoms with Crippen molar-refractivity contribution in [2.45, 2.75) is 58.0 Å². The van der Waals surface area contributed by atoms with Crippen molar-refractivity contribution >= 4 is 0 Å². The van der Waals surface area contributed by atoms with Crippen molar-refractivity contribution in [3.05, 3.63) is 0 Å². The van der Waals surface area contributed by atoms with Crippen LogP contribution in [0.1, 0.15) is 51.9 Å². The van der Waals surface area contributed by atoms with Gasteiger partial charge in [-0.15, -0.1) is 0 Å². The number of piperazine rings is 1. The standard InChI is InChI=1S/C21H38N2O2/c1-2-22-4-6-23(7-5-22)15-20(24)16-25-8-3-21-12-17-9-18(13-21)11-19(10-17)14-21/h17-20,24H,2-16H2,1H3/t17?,18?,19?,20-,21?/m0/s1. The Kier molecular flexibility index (Phi) is 5.71. The molecule has 0 spiro atoms. The fourth-order valence-corrected chi connectivity index (χ4v) is 6.74. The van der Waals surface area contributed by atoms with Crippen LogP contribution in [0, 0.1) is 23.2 Å². The van der Waals surface area contributed by atoms with Gasteiger partial charge >= 0.3 is 0 Å². The molecule has 0 unspecified atom stereocenters. The smallest absolute Gasteiger partial charge is 0.0900 e. The first kappa shape index (κ1) is 18.2. The zero-order chi connectivity index (χ0) is 17.3. The monoisotopic (exact) mass is 350 g/mol. The molecule has 5 fully saturated rings. The first-order valence-corrected chi connectivity index (χ1v) is 10.8. The van der Waals surface area contributed by atoms with E-state index < -0.39 is 0 Å². The zero-order valence-electron chi connectivity index (χ0n) is 16.2. The van der Waals surface area contributed by atoms with Crippen molar-refractivity contribution in [2.24, 2.45) is 23.2 Å². The minimum absolute atomic E-state index is 0.329. The summed E-state index contributed by atoms with van der Waals surface area (Å²) in [6, 6.07) is 0. The Balaban J connectivity index is 1.13. The molecule has 0 radical (unpaired) electrons. The van der Waals surface area contributed by atoms with E-state index in [1.54, 1.807) is 0 Å². The highest BCUT2D eigenvalue weighted by atomic mass is 16.5. The van der Waals surface area contributed by atoms with Gasteiger partial charge in [0.15, 0.2) is 0 Å². The van der Waals surface area contributed by atoms with Crippen LogP contribution in [-0.2, 0) is 4.74 Å². The molecule has 5 rings (SSSR count). The van der Waals surface area contributed by atoms with E-state index in [1.165, 1.54) is 44.9 Å². The molecule has 4 aliphatic carbocycles. The molecule has 0 aromatic heterocycles. The number of ether oxygens (including phenoxy) is 1. The third-order valence-corrected chi connectivity index (χ3v) is 7.63. The molecular formula is C21H38N2O2. The van der Waals surface area contributed by atoms with Gasteiger partial charge in [-0.25, -0.2) is 0 Å². The van der Waals surface area contributed by atoms with Gasteiger partial charge in [-0.2, -0.15) is 0 Å². The topological polar surface area (TPSA) is 35.9 Å². The van der Waals surface area contributed by atoms with Gasteiger partial charge in [-0.05, 0) is 74.7 Å². The van der Waals surface area contributed by atoms with Crippen LogP contribution < -0.4 is 0 Å². The van der Waals surface area contributed by atoms with Crippen molar-refractivity contribution in [1.29, 1.82) is 0 Å². The highest BCUT2D eigenvalue weighted by Crippen LogP contribution is 2.61. The lowest BCUT2D eigenvalue weighted by Gasteiger charge is -2.57. The van der Waals surface area contributed by atoms with Crippen LogP contribution in [0.4, 0.5) is 0 Å². The summed E-state index contributed by atoms with van der Waals surface area (Å²) < 4.78 is 5.93. The number of rotatable bonds is 8. The van der Waals surface area contributed by atoms with Gasteiger partial charge in [0.25, 0.3) is 0 Å². The lowest BCUT2D eigenvalue weighted by molar-refractivity contribution is -0.0744. The Morgan fingerprint density at radius 1 is 0.960 bits per heavy atom. The van der Waals surface area contributed by atoms with E-state index in [0.29, 0.717) is 12.0 Å². The van der Waals surface area contributed by atoms with E-state index in [-0.39, 0.29) is 6.10 Å². The van der Waals surface area contributed by atoms with Crippen LogP contribution in [0.2, 0.25) is 0 Å². The van der Waals surface area contributed by atoms with Gasteiger partial charge in [0.05, 0.1) is 12.7 Å². The van der Waals surface area contributed by atoms with Crippen LogP contribution >= 0.6 is 0 Å². The molecule has 5 aliphatic rings. The van der Waals surface area contributed by atoms with Crippen LogP contribution in [0.3, 0.4) is 0 Å². The molecule has 1 atom stereocenters. The number of nitrogens with zero attached hydrogens (tertiary/aromatic N) is 2. The van der Waals surface area contributed by atoms with Gasteiger partial charge in [-0.3, -0.25) is 4.90 Å². The molecule has 4 heteroatoms. The van der Waals surface area contributed by atoms with Crippen molar-refractivity contribution < 1.29 is 9.84 Å². The molecule has 4 bridgehead atoms.